The molecule has 0 aliphatic carbocycles. The van der Waals surface area contributed by atoms with Crippen LogP contribution in [-0.2, 0) is 15.8 Å². The van der Waals surface area contributed by atoms with Gasteiger partial charge in [0.1, 0.15) is 5.75 Å². The fraction of sp³-hybridized carbons (Fsp3) is 0.300. The normalized spacial score (nSPS) is 14.9. The lowest BCUT2D eigenvalue weighted by Crippen LogP contribution is -2.41. The number of amides is 2. The molecule has 1 aliphatic heterocycles. The van der Waals surface area contributed by atoms with E-state index in [0.29, 0.717) is 17.0 Å². The number of hydrogen-bond acceptors (Lipinski definition) is 3. The molecule has 5 nitrogen and oxygen atoms in total. The molecule has 1 heterocycles. The van der Waals surface area contributed by atoms with Crippen molar-refractivity contribution in [1.82, 2.24) is 5.32 Å². The Morgan fingerprint density at radius 3 is 2.71 bits per heavy atom. The Labute approximate surface area is 160 Å². The van der Waals surface area contributed by atoms with Crippen molar-refractivity contribution in [1.29, 1.82) is 0 Å². The van der Waals surface area contributed by atoms with Crippen LogP contribution in [0.2, 0.25) is 0 Å². The van der Waals surface area contributed by atoms with Gasteiger partial charge in [-0.1, -0.05) is 24.3 Å². The van der Waals surface area contributed by atoms with Crippen LogP contribution in [0.25, 0.3) is 0 Å². The molecule has 0 bridgehead atoms. The van der Waals surface area contributed by atoms with Crippen LogP contribution in [0.5, 0.6) is 5.75 Å². The van der Waals surface area contributed by atoms with Gasteiger partial charge in [0.15, 0.2) is 6.61 Å². The highest BCUT2D eigenvalue weighted by atomic mass is 19.4. The van der Waals surface area contributed by atoms with Gasteiger partial charge in [-0.05, 0) is 36.8 Å². The Kier molecular flexibility index (Phi) is 5.58. The van der Waals surface area contributed by atoms with Gasteiger partial charge in [-0.25, -0.2) is 0 Å². The predicted octanol–water partition coefficient (Wildman–Crippen LogP) is 3.70. The summed E-state index contributed by atoms with van der Waals surface area (Å²) in [6, 6.07) is 11.3. The van der Waals surface area contributed by atoms with Crippen molar-refractivity contribution in [3.63, 3.8) is 0 Å². The van der Waals surface area contributed by atoms with Crippen LogP contribution in [0, 0.1) is 0 Å². The molecule has 0 aromatic heterocycles. The molecule has 0 fully saturated rings. The summed E-state index contributed by atoms with van der Waals surface area (Å²) in [4.78, 5) is 25.9. The van der Waals surface area contributed by atoms with Crippen molar-refractivity contribution in [2.75, 3.05) is 18.1 Å². The zero-order chi connectivity index (χ0) is 20.3. The van der Waals surface area contributed by atoms with Crippen LogP contribution in [0.3, 0.4) is 0 Å². The lowest BCUT2D eigenvalue weighted by molar-refractivity contribution is -0.137. The average Bonchev–Trinajstić information content (AvgIpc) is 2.66. The summed E-state index contributed by atoms with van der Waals surface area (Å²) in [7, 11) is 0. The molecular formula is C20H19F3N2O3. The quantitative estimate of drug-likeness (QED) is 0.844. The molecule has 1 aliphatic rings. The number of carbonyl (C=O) groups excluding carboxylic acids is 2. The molecule has 2 aromatic rings. The Bertz CT molecular complexity index is 883. The van der Waals surface area contributed by atoms with Crippen molar-refractivity contribution < 1.29 is 27.5 Å². The van der Waals surface area contributed by atoms with E-state index in [1.807, 2.05) is 0 Å². The Morgan fingerprint density at radius 1 is 1.21 bits per heavy atom. The second-order valence-electron chi connectivity index (χ2n) is 6.46. The van der Waals surface area contributed by atoms with E-state index in [-0.39, 0.29) is 31.4 Å². The van der Waals surface area contributed by atoms with Crippen LogP contribution >= 0.6 is 0 Å². The first-order valence-electron chi connectivity index (χ1n) is 8.74. The second-order valence-corrected chi connectivity index (χ2v) is 6.46. The maximum Gasteiger partial charge on any atom is 0.416 e. The van der Waals surface area contributed by atoms with Gasteiger partial charge in [-0.2, -0.15) is 13.2 Å². The standard InChI is InChI=1S/C20H19F3N2O3/c1-13(14-5-4-6-15(11-14)20(21,22)23)24-18(26)9-10-25-16-7-2-3-8-17(16)28-12-19(25)27/h2-8,11,13H,9-10,12H2,1H3,(H,24,26). The second kappa shape index (κ2) is 7.92. The third-order valence-electron chi connectivity index (χ3n) is 4.46. The number of carbonyl (C=O) groups is 2. The number of halogens is 3. The highest BCUT2D eigenvalue weighted by Gasteiger charge is 2.31. The van der Waals surface area contributed by atoms with E-state index in [2.05, 4.69) is 5.32 Å². The van der Waals surface area contributed by atoms with Gasteiger partial charge in [-0.15, -0.1) is 0 Å². The van der Waals surface area contributed by atoms with E-state index in [0.717, 1.165) is 12.1 Å². The number of hydrogen-bond donors (Lipinski definition) is 1. The van der Waals surface area contributed by atoms with E-state index in [9.17, 15) is 22.8 Å². The van der Waals surface area contributed by atoms with Gasteiger partial charge >= 0.3 is 6.18 Å². The number of benzene rings is 2. The number of rotatable bonds is 5. The van der Waals surface area contributed by atoms with E-state index in [1.54, 1.807) is 31.2 Å². The highest BCUT2D eigenvalue weighted by Crippen LogP contribution is 2.32. The number of nitrogens with zero attached hydrogens (tertiary/aromatic N) is 1. The molecule has 2 amide bonds. The highest BCUT2D eigenvalue weighted by molar-refractivity contribution is 5.98. The molecular weight excluding hydrogens is 373 g/mol. The smallest absolute Gasteiger partial charge is 0.416 e. The number of ether oxygens (including phenoxy) is 1. The topological polar surface area (TPSA) is 58.6 Å². The summed E-state index contributed by atoms with van der Waals surface area (Å²) < 4.78 is 43.9. The summed E-state index contributed by atoms with van der Waals surface area (Å²) in [6.07, 6.45) is -4.42. The van der Waals surface area contributed by atoms with Gasteiger partial charge in [-0.3, -0.25) is 9.59 Å². The number of fused-ring (bicyclic) bond motifs is 1. The Morgan fingerprint density at radius 2 is 1.96 bits per heavy atom. The first-order chi connectivity index (χ1) is 13.3. The summed E-state index contributed by atoms with van der Waals surface area (Å²) in [5.74, 6) is -0.0426. The number of para-hydroxylation sites is 2. The number of alkyl halides is 3. The van der Waals surface area contributed by atoms with Crippen LogP contribution in [0.15, 0.2) is 48.5 Å². The first-order valence-corrected chi connectivity index (χ1v) is 8.74. The van der Waals surface area contributed by atoms with Crippen molar-refractivity contribution in [3.05, 3.63) is 59.7 Å². The summed E-state index contributed by atoms with van der Waals surface area (Å²) in [6.45, 7) is 1.67. The van der Waals surface area contributed by atoms with Crippen molar-refractivity contribution in [2.24, 2.45) is 0 Å². The van der Waals surface area contributed by atoms with Gasteiger partial charge in [0.25, 0.3) is 5.91 Å². The Hall–Kier alpha value is -3.03. The zero-order valence-corrected chi connectivity index (χ0v) is 15.1. The van der Waals surface area contributed by atoms with E-state index < -0.39 is 17.8 Å². The van der Waals surface area contributed by atoms with E-state index in [4.69, 9.17) is 4.74 Å². The van der Waals surface area contributed by atoms with Gasteiger partial charge in [0, 0.05) is 13.0 Å². The van der Waals surface area contributed by atoms with Crippen LogP contribution in [0.1, 0.15) is 30.5 Å². The zero-order valence-electron chi connectivity index (χ0n) is 15.1. The van der Waals surface area contributed by atoms with E-state index in [1.165, 1.54) is 17.0 Å². The summed E-state index contributed by atoms with van der Waals surface area (Å²) in [5.41, 5.74) is 0.190. The first kappa shape index (κ1) is 19.7. The molecule has 28 heavy (non-hydrogen) atoms. The SMILES string of the molecule is CC(NC(=O)CCN1C(=O)COc2ccccc21)c1cccc(C(F)(F)F)c1. The summed E-state index contributed by atoms with van der Waals surface area (Å²) >= 11 is 0. The minimum absolute atomic E-state index is 0.0172. The van der Waals surface area contributed by atoms with Gasteiger partial charge in [0.2, 0.25) is 5.91 Å². The van der Waals surface area contributed by atoms with Crippen molar-refractivity contribution in [2.45, 2.75) is 25.6 Å². The fourth-order valence-electron chi connectivity index (χ4n) is 2.99. The Balaban J connectivity index is 1.61. The molecule has 1 atom stereocenters. The maximum absolute atomic E-state index is 12.8. The summed E-state index contributed by atoms with van der Waals surface area (Å²) in [5, 5.41) is 2.68. The van der Waals surface area contributed by atoms with Crippen LogP contribution in [-0.4, -0.2) is 25.0 Å². The molecule has 0 radical (unpaired) electrons. The largest absolute Gasteiger partial charge is 0.482 e. The fourth-order valence-corrected chi connectivity index (χ4v) is 2.99. The number of nitrogens with one attached hydrogen (secondary N) is 1. The average molecular weight is 392 g/mol. The molecule has 1 unspecified atom stereocenters. The molecule has 2 aromatic carbocycles. The molecule has 0 spiro atoms. The van der Waals surface area contributed by atoms with Gasteiger partial charge in [0.05, 0.1) is 17.3 Å². The van der Waals surface area contributed by atoms with Crippen LogP contribution in [0.4, 0.5) is 18.9 Å². The molecule has 0 saturated carbocycles. The van der Waals surface area contributed by atoms with Gasteiger partial charge < -0.3 is 15.0 Å². The third kappa shape index (κ3) is 4.44. The number of anilines is 1. The predicted molar refractivity (Wildman–Crippen MR) is 96.9 cm³/mol. The van der Waals surface area contributed by atoms with E-state index >= 15 is 0 Å². The third-order valence-corrected chi connectivity index (χ3v) is 4.46. The molecule has 1 N–H and O–H groups in total. The lowest BCUT2D eigenvalue weighted by atomic mass is 10.0. The van der Waals surface area contributed by atoms with Crippen LogP contribution < -0.4 is 15.0 Å². The lowest BCUT2D eigenvalue weighted by Gasteiger charge is -2.29. The monoisotopic (exact) mass is 392 g/mol. The molecule has 148 valence electrons. The molecule has 8 heteroatoms. The minimum Gasteiger partial charge on any atom is -0.482 e. The minimum atomic E-state index is -4.44. The van der Waals surface area contributed by atoms with Crippen molar-refractivity contribution >= 4 is 17.5 Å². The van der Waals surface area contributed by atoms with Crippen molar-refractivity contribution in [3.8, 4) is 5.75 Å². The molecule has 3 rings (SSSR count). The molecule has 0 saturated heterocycles. The maximum atomic E-state index is 12.8.